The van der Waals surface area contributed by atoms with Crippen molar-refractivity contribution >= 4 is 28.2 Å². The zero-order chi connectivity index (χ0) is 10.1. The molecule has 0 aliphatic heterocycles. The zero-order valence-electron chi connectivity index (χ0n) is 8.13. The lowest BCUT2D eigenvalue weighted by atomic mass is 10.2. The van der Waals surface area contributed by atoms with Crippen molar-refractivity contribution in [2.75, 3.05) is 5.32 Å². The van der Waals surface area contributed by atoms with E-state index in [9.17, 15) is 0 Å². The summed E-state index contributed by atoms with van der Waals surface area (Å²) >= 11 is 6.08. The van der Waals surface area contributed by atoms with Crippen LogP contribution in [0, 0.1) is 0 Å². The van der Waals surface area contributed by atoms with Gasteiger partial charge in [-0.2, -0.15) is 5.10 Å². The lowest BCUT2D eigenvalue weighted by Crippen LogP contribution is -2.09. The number of aromatic nitrogens is 2. The number of benzene rings is 1. The maximum absolute atomic E-state index is 6.08. The molecule has 1 aromatic carbocycles. The van der Waals surface area contributed by atoms with Gasteiger partial charge >= 0.3 is 0 Å². The molecule has 0 unspecified atom stereocenters. The SMILES string of the molecule is CC(C)Nc1cc(Cl)c2[nH]ncc2c1. The number of nitrogens with zero attached hydrogens (tertiary/aromatic N) is 1. The Labute approximate surface area is 87.5 Å². The maximum atomic E-state index is 6.08. The van der Waals surface area contributed by atoms with E-state index in [0.29, 0.717) is 11.1 Å². The van der Waals surface area contributed by atoms with Gasteiger partial charge < -0.3 is 5.32 Å². The van der Waals surface area contributed by atoms with Gasteiger partial charge in [-0.25, -0.2) is 0 Å². The number of aromatic amines is 1. The smallest absolute Gasteiger partial charge is 0.0838 e. The normalized spacial score (nSPS) is 11.1. The van der Waals surface area contributed by atoms with Crippen molar-refractivity contribution in [3.8, 4) is 0 Å². The molecule has 2 N–H and O–H groups in total. The molecule has 4 heteroatoms. The van der Waals surface area contributed by atoms with Crippen LogP contribution in [0.3, 0.4) is 0 Å². The zero-order valence-corrected chi connectivity index (χ0v) is 8.89. The van der Waals surface area contributed by atoms with E-state index in [1.165, 1.54) is 0 Å². The third-order valence-electron chi connectivity index (χ3n) is 1.96. The summed E-state index contributed by atoms with van der Waals surface area (Å²) in [7, 11) is 0. The second-order valence-electron chi connectivity index (χ2n) is 3.59. The molecule has 0 radical (unpaired) electrons. The molecule has 3 nitrogen and oxygen atoms in total. The van der Waals surface area contributed by atoms with E-state index < -0.39 is 0 Å². The van der Waals surface area contributed by atoms with Gasteiger partial charge in [-0.3, -0.25) is 5.10 Å². The van der Waals surface area contributed by atoms with Gasteiger partial charge in [0.05, 0.1) is 16.7 Å². The van der Waals surface area contributed by atoms with E-state index in [1.54, 1.807) is 6.20 Å². The summed E-state index contributed by atoms with van der Waals surface area (Å²) in [6.45, 7) is 4.18. The number of halogens is 1. The predicted octanol–water partition coefficient (Wildman–Crippen LogP) is 3.04. The number of hydrogen-bond donors (Lipinski definition) is 2. The summed E-state index contributed by atoms with van der Waals surface area (Å²) < 4.78 is 0. The van der Waals surface area contributed by atoms with Crippen molar-refractivity contribution in [2.24, 2.45) is 0 Å². The van der Waals surface area contributed by atoms with Gasteiger partial charge in [-0.15, -0.1) is 0 Å². The highest BCUT2D eigenvalue weighted by atomic mass is 35.5. The Morgan fingerprint density at radius 2 is 2.21 bits per heavy atom. The van der Waals surface area contributed by atoms with Crippen molar-refractivity contribution < 1.29 is 0 Å². The molecule has 0 bridgehead atoms. The first-order valence-electron chi connectivity index (χ1n) is 4.56. The third-order valence-corrected chi connectivity index (χ3v) is 2.25. The molecule has 0 atom stereocenters. The van der Waals surface area contributed by atoms with Crippen LogP contribution in [0.2, 0.25) is 5.02 Å². The largest absolute Gasteiger partial charge is 0.383 e. The Kier molecular flexibility index (Phi) is 2.33. The number of fused-ring (bicyclic) bond motifs is 1. The molecular weight excluding hydrogens is 198 g/mol. The van der Waals surface area contributed by atoms with Crippen LogP contribution in [0.5, 0.6) is 0 Å². The maximum Gasteiger partial charge on any atom is 0.0838 e. The summed E-state index contributed by atoms with van der Waals surface area (Å²) in [6, 6.07) is 4.34. The highest BCUT2D eigenvalue weighted by molar-refractivity contribution is 6.35. The molecule has 0 fully saturated rings. The lowest BCUT2D eigenvalue weighted by molar-refractivity contribution is 0.900. The summed E-state index contributed by atoms with van der Waals surface area (Å²) in [5.41, 5.74) is 1.92. The molecule has 74 valence electrons. The van der Waals surface area contributed by atoms with Crippen molar-refractivity contribution in [1.29, 1.82) is 0 Å². The van der Waals surface area contributed by atoms with Gasteiger partial charge in [0.15, 0.2) is 0 Å². The highest BCUT2D eigenvalue weighted by Gasteiger charge is 2.04. The van der Waals surface area contributed by atoms with Gasteiger partial charge in [0.2, 0.25) is 0 Å². The number of H-pyrrole nitrogens is 1. The van der Waals surface area contributed by atoms with Crippen molar-refractivity contribution in [3.63, 3.8) is 0 Å². The lowest BCUT2D eigenvalue weighted by Gasteiger charge is -2.10. The van der Waals surface area contributed by atoms with Crippen LogP contribution < -0.4 is 5.32 Å². The standard InChI is InChI=1S/C10H12ClN3/c1-6(2)13-8-3-7-5-12-14-10(7)9(11)4-8/h3-6,13H,1-2H3,(H,12,14). The van der Waals surface area contributed by atoms with Crippen molar-refractivity contribution in [2.45, 2.75) is 19.9 Å². The molecule has 2 rings (SSSR count). The molecule has 0 amide bonds. The number of nitrogens with one attached hydrogen (secondary N) is 2. The summed E-state index contributed by atoms with van der Waals surface area (Å²) in [6.07, 6.45) is 1.77. The first-order chi connectivity index (χ1) is 6.66. The van der Waals surface area contributed by atoms with Gasteiger partial charge in [-0.1, -0.05) is 11.6 Å². The third kappa shape index (κ3) is 1.68. The Balaban J connectivity index is 2.47. The van der Waals surface area contributed by atoms with Crippen LogP contribution >= 0.6 is 11.6 Å². The van der Waals surface area contributed by atoms with Crippen LogP contribution in [0.1, 0.15) is 13.8 Å². The predicted molar refractivity (Wildman–Crippen MR) is 59.9 cm³/mol. The first-order valence-corrected chi connectivity index (χ1v) is 4.94. The van der Waals surface area contributed by atoms with Crippen LogP contribution in [0.4, 0.5) is 5.69 Å². The molecule has 0 saturated carbocycles. The van der Waals surface area contributed by atoms with E-state index in [2.05, 4.69) is 29.4 Å². The van der Waals surface area contributed by atoms with Crippen LogP contribution in [0.25, 0.3) is 10.9 Å². The summed E-state index contributed by atoms with van der Waals surface area (Å²) in [5.74, 6) is 0. The molecular formula is C10H12ClN3. The second kappa shape index (κ2) is 3.50. The fraction of sp³-hybridized carbons (Fsp3) is 0.300. The quantitative estimate of drug-likeness (QED) is 0.798. The van der Waals surface area contributed by atoms with E-state index in [4.69, 9.17) is 11.6 Å². The van der Waals surface area contributed by atoms with Gasteiger partial charge in [0, 0.05) is 17.1 Å². The highest BCUT2D eigenvalue weighted by Crippen LogP contribution is 2.26. The molecule has 1 heterocycles. The molecule has 0 aliphatic rings. The number of hydrogen-bond acceptors (Lipinski definition) is 2. The van der Waals surface area contributed by atoms with Crippen LogP contribution in [-0.2, 0) is 0 Å². The molecule has 0 aliphatic carbocycles. The van der Waals surface area contributed by atoms with Gasteiger partial charge in [0.25, 0.3) is 0 Å². The molecule has 14 heavy (non-hydrogen) atoms. The van der Waals surface area contributed by atoms with Crippen molar-refractivity contribution in [3.05, 3.63) is 23.4 Å². The van der Waals surface area contributed by atoms with E-state index in [1.807, 2.05) is 12.1 Å². The van der Waals surface area contributed by atoms with Gasteiger partial charge in [-0.05, 0) is 26.0 Å². The Morgan fingerprint density at radius 1 is 1.43 bits per heavy atom. The topological polar surface area (TPSA) is 40.7 Å². The van der Waals surface area contributed by atoms with E-state index in [0.717, 1.165) is 16.6 Å². The Morgan fingerprint density at radius 3 is 2.93 bits per heavy atom. The number of anilines is 1. The molecule has 1 aromatic heterocycles. The second-order valence-corrected chi connectivity index (χ2v) is 4.00. The molecule has 0 spiro atoms. The molecule has 0 saturated heterocycles. The Bertz CT molecular complexity index is 448. The first kappa shape index (κ1) is 9.34. The van der Waals surface area contributed by atoms with Crippen LogP contribution in [-0.4, -0.2) is 16.2 Å². The minimum Gasteiger partial charge on any atom is -0.383 e. The monoisotopic (exact) mass is 209 g/mol. The van der Waals surface area contributed by atoms with Gasteiger partial charge in [0.1, 0.15) is 0 Å². The van der Waals surface area contributed by atoms with Crippen LogP contribution in [0.15, 0.2) is 18.3 Å². The number of rotatable bonds is 2. The fourth-order valence-corrected chi connectivity index (χ4v) is 1.70. The average Bonchev–Trinajstić information content (AvgIpc) is 2.50. The molecule has 2 aromatic rings. The minimum absolute atomic E-state index is 0.399. The van der Waals surface area contributed by atoms with Crippen molar-refractivity contribution in [1.82, 2.24) is 10.2 Å². The van der Waals surface area contributed by atoms with E-state index >= 15 is 0 Å². The van der Waals surface area contributed by atoms with E-state index in [-0.39, 0.29) is 0 Å². The Hall–Kier alpha value is -1.22. The average molecular weight is 210 g/mol. The summed E-state index contributed by atoms with van der Waals surface area (Å²) in [5, 5.41) is 11.8. The minimum atomic E-state index is 0.399. The summed E-state index contributed by atoms with van der Waals surface area (Å²) in [4.78, 5) is 0. The fourth-order valence-electron chi connectivity index (χ4n) is 1.43.